The first kappa shape index (κ1) is 26.7. The Morgan fingerprint density at radius 1 is 0.966 bits per heavy atom. The Labute approximate surface area is 175 Å². The van der Waals surface area contributed by atoms with Gasteiger partial charge in [-0.1, -0.05) is 20.3 Å². The number of thiol groups is 1. The third kappa shape index (κ3) is 9.61. The number of nitrogens with one attached hydrogen (secondary N) is 3. The Balaban J connectivity index is 5.43. The van der Waals surface area contributed by atoms with Crippen LogP contribution in [0.15, 0.2) is 0 Å². The van der Waals surface area contributed by atoms with Gasteiger partial charge in [-0.15, -0.1) is 0 Å². The van der Waals surface area contributed by atoms with Crippen LogP contribution in [0.2, 0.25) is 0 Å². The molecule has 5 atom stereocenters. The lowest BCUT2D eigenvalue weighted by atomic mass is 9.97. The van der Waals surface area contributed by atoms with Gasteiger partial charge in [0, 0.05) is 12.2 Å². The first-order valence-electron chi connectivity index (χ1n) is 9.23. The molecule has 0 spiro atoms. The van der Waals surface area contributed by atoms with Gasteiger partial charge < -0.3 is 32.5 Å². The molecule has 0 fully saturated rings. The quantitative estimate of drug-likeness (QED) is 0.165. The lowest BCUT2D eigenvalue weighted by Gasteiger charge is -2.27. The van der Waals surface area contributed by atoms with Crippen LogP contribution >= 0.6 is 12.6 Å². The number of aliphatic carboxylic acids is 1. The van der Waals surface area contributed by atoms with Crippen LogP contribution in [0.25, 0.3) is 0 Å². The highest BCUT2D eigenvalue weighted by molar-refractivity contribution is 7.80. The van der Waals surface area contributed by atoms with E-state index >= 15 is 0 Å². The summed E-state index contributed by atoms with van der Waals surface area (Å²) in [5.41, 5.74) is 10.6. The minimum Gasteiger partial charge on any atom is -0.480 e. The van der Waals surface area contributed by atoms with Crippen LogP contribution in [-0.2, 0) is 24.0 Å². The minimum atomic E-state index is -1.26. The number of carbonyl (C=O) groups excluding carboxylic acids is 4. The standard InChI is InChI=1S/C17H31N5O6S/c1-4-8(2)13(16(26)21-11(7-29)17(27)28)22-15(25)10(5-6-12(19)23)20-14(24)9(3)18/h8-11,13,29H,4-7,18H2,1-3H3,(H2,19,23)(H,20,24)(H,21,26)(H,22,25)(H,27,28). The highest BCUT2D eigenvalue weighted by Crippen LogP contribution is 2.10. The van der Waals surface area contributed by atoms with Gasteiger partial charge >= 0.3 is 5.97 Å². The van der Waals surface area contributed by atoms with Crippen LogP contribution in [-0.4, -0.2) is 64.6 Å². The van der Waals surface area contributed by atoms with E-state index in [1.165, 1.54) is 6.92 Å². The van der Waals surface area contributed by atoms with Crippen molar-refractivity contribution in [1.29, 1.82) is 0 Å². The fourth-order valence-corrected chi connectivity index (χ4v) is 2.51. The first-order valence-corrected chi connectivity index (χ1v) is 9.86. The number of amides is 4. The van der Waals surface area contributed by atoms with Crippen molar-refractivity contribution in [3.63, 3.8) is 0 Å². The predicted molar refractivity (Wildman–Crippen MR) is 109 cm³/mol. The average Bonchev–Trinajstić information content (AvgIpc) is 2.65. The van der Waals surface area contributed by atoms with Crippen molar-refractivity contribution >= 4 is 42.2 Å². The molecule has 0 rings (SSSR count). The number of carboxylic acid groups (broad SMARTS) is 1. The SMILES string of the molecule is CCC(C)C(NC(=O)C(CCC(N)=O)NC(=O)C(C)N)C(=O)NC(CS)C(=O)O. The number of carboxylic acids is 1. The molecule has 0 aliphatic carbocycles. The number of hydrogen-bond donors (Lipinski definition) is 7. The second-order valence-corrected chi connectivity index (χ2v) is 7.17. The van der Waals surface area contributed by atoms with Gasteiger partial charge in [0.15, 0.2) is 0 Å². The summed E-state index contributed by atoms with van der Waals surface area (Å²) in [5, 5.41) is 16.4. The Hall–Kier alpha value is -2.34. The number of rotatable bonds is 13. The molecule has 0 aliphatic heterocycles. The minimum absolute atomic E-state index is 0.0805. The molecule has 0 saturated carbocycles. The Bertz CT molecular complexity index is 615. The van der Waals surface area contributed by atoms with Crippen molar-refractivity contribution in [3.8, 4) is 0 Å². The van der Waals surface area contributed by atoms with Gasteiger partial charge in [0.2, 0.25) is 23.6 Å². The molecule has 4 amide bonds. The maximum Gasteiger partial charge on any atom is 0.327 e. The third-order valence-corrected chi connectivity index (χ3v) is 4.68. The van der Waals surface area contributed by atoms with Crippen LogP contribution in [0, 0.1) is 5.92 Å². The summed E-state index contributed by atoms with van der Waals surface area (Å²) in [6, 6.07) is -4.31. The summed E-state index contributed by atoms with van der Waals surface area (Å²) < 4.78 is 0. The van der Waals surface area contributed by atoms with Gasteiger partial charge in [0.1, 0.15) is 18.1 Å². The van der Waals surface area contributed by atoms with Crippen LogP contribution in [0.1, 0.15) is 40.0 Å². The first-order chi connectivity index (χ1) is 13.4. The zero-order valence-electron chi connectivity index (χ0n) is 16.8. The van der Waals surface area contributed by atoms with Crippen molar-refractivity contribution in [2.24, 2.45) is 17.4 Å². The van der Waals surface area contributed by atoms with Crippen molar-refractivity contribution < 1.29 is 29.1 Å². The average molecular weight is 434 g/mol. The molecule has 0 heterocycles. The molecule has 0 radical (unpaired) electrons. The van der Waals surface area contributed by atoms with E-state index in [-0.39, 0.29) is 24.5 Å². The van der Waals surface area contributed by atoms with Crippen molar-refractivity contribution in [1.82, 2.24) is 16.0 Å². The molecule has 0 bridgehead atoms. The van der Waals surface area contributed by atoms with Gasteiger partial charge in [0.25, 0.3) is 0 Å². The van der Waals surface area contributed by atoms with Gasteiger partial charge in [-0.25, -0.2) is 4.79 Å². The van der Waals surface area contributed by atoms with Crippen LogP contribution in [0.5, 0.6) is 0 Å². The number of primary amides is 1. The smallest absolute Gasteiger partial charge is 0.327 e. The van der Waals surface area contributed by atoms with Crippen LogP contribution in [0.4, 0.5) is 0 Å². The van der Waals surface area contributed by atoms with Crippen molar-refractivity contribution in [2.45, 2.75) is 64.2 Å². The second-order valence-electron chi connectivity index (χ2n) is 6.81. The van der Waals surface area contributed by atoms with E-state index < -0.39 is 53.8 Å². The van der Waals surface area contributed by atoms with E-state index in [1.54, 1.807) is 13.8 Å². The number of nitrogens with two attached hydrogens (primary N) is 2. The molecule has 11 nitrogen and oxygen atoms in total. The van der Waals surface area contributed by atoms with E-state index in [0.29, 0.717) is 6.42 Å². The molecular formula is C17H31N5O6S. The summed E-state index contributed by atoms with van der Waals surface area (Å²) >= 11 is 3.89. The topological polar surface area (TPSA) is 194 Å². The van der Waals surface area contributed by atoms with Gasteiger partial charge in [-0.05, 0) is 19.3 Å². The molecule has 29 heavy (non-hydrogen) atoms. The molecule has 8 N–H and O–H groups in total. The summed E-state index contributed by atoms with van der Waals surface area (Å²) in [7, 11) is 0. The Morgan fingerprint density at radius 2 is 1.52 bits per heavy atom. The maximum absolute atomic E-state index is 12.7. The zero-order valence-corrected chi connectivity index (χ0v) is 17.7. The van der Waals surface area contributed by atoms with Crippen molar-refractivity contribution in [3.05, 3.63) is 0 Å². The molecule has 166 valence electrons. The van der Waals surface area contributed by atoms with Crippen LogP contribution < -0.4 is 27.4 Å². The van der Waals surface area contributed by atoms with Gasteiger partial charge in [-0.3, -0.25) is 19.2 Å². The summed E-state index contributed by atoms with van der Waals surface area (Å²) in [6.45, 7) is 4.93. The summed E-state index contributed by atoms with van der Waals surface area (Å²) in [6.07, 6.45) is 0.260. The van der Waals surface area contributed by atoms with E-state index in [0.717, 1.165) is 0 Å². The fourth-order valence-electron chi connectivity index (χ4n) is 2.26. The van der Waals surface area contributed by atoms with Crippen LogP contribution in [0.3, 0.4) is 0 Å². The lowest BCUT2D eigenvalue weighted by molar-refractivity contribution is -0.142. The number of carbonyl (C=O) groups is 5. The van der Waals surface area contributed by atoms with Gasteiger partial charge in [0.05, 0.1) is 6.04 Å². The molecule has 0 aliphatic rings. The molecule has 0 saturated heterocycles. The third-order valence-electron chi connectivity index (χ3n) is 4.32. The molecule has 5 unspecified atom stereocenters. The Kier molecular flexibility index (Phi) is 11.9. The monoisotopic (exact) mass is 433 g/mol. The fraction of sp³-hybridized carbons (Fsp3) is 0.706. The van der Waals surface area contributed by atoms with Gasteiger partial charge in [-0.2, -0.15) is 12.6 Å². The normalized spacial score (nSPS) is 15.9. The predicted octanol–water partition coefficient (Wildman–Crippen LogP) is -1.89. The highest BCUT2D eigenvalue weighted by Gasteiger charge is 2.32. The molecular weight excluding hydrogens is 402 g/mol. The van der Waals surface area contributed by atoms with E-state index in [9.17, 15) is 24.0 Å². The molecule has 0 aromatic rings. The largest absolute Gasteiger partial charge is 0.480 e. The maximum atomic E-state index is 12.7. The molecule has 12 heteroatoms. The molecule has 0 aromatic carbocycles. The van der Waals surface area contributed by atoms with Crippen molar-refractivity contribution in [2.75, 3.05) is 5.75 Å². The number of hydrogen-bond acceptors (Lipinski definition) is 7. The highest BCUT2D eigenvalue weighted by atomic mass is 32.1. The summed E-state index contributed by atoms with van der Waals surface area (Å²) in [5.74, 6) is -4.40. The van der Waals surface area contributed by atoms with E-state index in [2.05, 4.69) is 28.6 Å². The van der Waals surface area contributed by atoms with E-state index in [1.807, 2.05) is 0 Å². The molecule has 0 aromatic heterocycles. The van der Waals surface area contributed by atoms with E-state index in [4.69, 9.17) is 16.6 Å². The summed E-state index contributed by atoms with van der Waals surface area (Å²) in [4.78, 5) is 59.4. The zero-order chi connectivity index (χ0) is 22.7. The lowest BCUT2D eigenvalue weighted by Crippen LogP contribution is -2.58. The second kappa shape index (κ2) is 13.0. The Morgan fingerprint density at radius 3 is 1.93 bits per heavy atom.